The SMILES string of the molecule is COC(=O)c1c[nH]c2ccc(OCCc3ccccc3)cc2c1=O. The van der Waals surface area contributed by atoms with Gasteiger partial charge in [0.1, 0.15) is 11.3 Å². The van der Waals surface area contributed by atoms with Gasteiger partial charge in [-0.2, -0.15) is 0 Å². The van der Waals surface area contributed by atoms with Gasteiger partial charge in [0.25, 0.3) is 0 Å². The molecule has 0 fully saturated rings. The predicted molar refractivity (Wildman–Crippen MR) is 91.5 cm³/mol. The molecule has 0 aliphatic heterocycles. The maximum absolute atomic E-state index is 12.4. The molecular weight excluding hydrogens is 306 g/mol. The molecule has 1 aromatic heterocycles. The van der Waals surface area contributed by atoms with Crippen LogP contribution in [0.4, 0.5) is 0 Å². The summed E-state index contributed by atoms with van der Waals surface area (Å²) in [7, 11) is 1.25. The average molecular weight is 323 g/mol. The van der Waals surface area contributed by atoms with Crippen LogP contribution >= 0.6 is 0 Å². The first-order chi connectivity index (χ1) is 11.7. The van der Waals surface area contributed by atoms with Crippen LogP contribution in [0.1, 0.15) is 15.9 Å². The van der Waals surface area contributed by atoms with Crippen LogP contribution in [0.25, 0.3) is 10.9 Å². The first-order valence-electron chi connectivity index (χ1n) is 7.59. The number of aromatic nitrogens is 1. The molecule has 0 radical (unpaired) electrons. The van der Waals surface area contributed by atoms with Crippen LogP contribution in [0.3, 0.4) is 0 Å². The number of methoxy groups -OCH3 is 1. The summed E-state index contributed by atoms with van der Waals surface area (Å²) in [4.78, 5) is 26.9. The van der Waals surface area contributed by atoms with Crippen molar-refractivity contribution in [3.8, 4) is 5.75 Å². The molecule has 2 aromatic carbocycles. The highest BCUT2D eigenvalue weighted by molar-refractivity contribution is 5.93. The zero-order valence-electron chi connectivity index (χ0n) is 13.2. The lowest BCUT2D eigenvalue weighted by molar-refractivity contribution is 0.0599. The lowest BCUT2D eigenvalue weighted by Gasteiger charge is -2.08. The highest BCUT2D eigenvalue weighted by Crippen LogP contribution is 2.18. The normalized spacial score (nSPS) is 10.5. The molecule has 3 aromatic rings. The molecule has 1 N–H and O–H groups in total. The van der Waals surface area contributed by atoms with Gasteiger partial charge in [0.2, 0.25) is 5.43 Å². The topological polar surface area (TPSA) is 68.4 Å². The highest BCUT2D eigenvalue weighted by Gasteiger charge is 2.13. The molecule has 0 saturated heterocycles. The Hall–Kier alpha value is -3.08. The van der Waals surface area contributed by atoms with Gasteiger partial charge in [-0.05, 0) is 23.8 Å². The summed E-state index contributed by atoms with van der Waals surface area (Å²) >= 11 is 0. The number of fused-ring (bicyclic) bond motifs is 1. The molecule has 0 aliphatic rings. The van der Waals surface area contributed by atoms with E-state index in [4.69, 9.17) is 4.74 Å². The lowest BCUT2D eigenvalue weighted by atomic mass is 10.1. The Morgan fingerprint density at radius 2 is 1.92 bits per heavy atom. The van der Waals surface area contributed by atoms with Crippen LogP contribution in [0.2, 0.25) is 0 Å². The number of rotatable bonds is 5. The molecule has 0 spiro atoms. The summed E-state index contributed by atoms with van der Waals surface area (Å²) in [6.07, 6.45) is 2.14. The molecule has 24 heavy (non-hydrogen) atoms. The molecule has 3 rings (SSSR count). The Balaban J connectivity index is 1.81. The molecule has 0 amide bonds. The number of carbonyl (C=O) groups is 1. The van der Waals surface area contributed by atoms with Crippen LogP contribution in [0.15, 0.2) is 59.5 Å². The van der Waals surface area contributed by atoms with Gasteiger partial charge in [-0.25, -0.2) is 4.79 Å². The Morgan fingerprint density at radius 1 is 1.12 bits per heavy atom. The molecular formula is C19H17NO4. The van der Waals surface area contributed by atoms with Crippen molar-refractivity contribution in [2.45, 2.75) is 6.42 Å². The summed E-state index contributed by atoms with van der Waals surface area (Å²) in [5.41, 5.74) is 1.43. The van der Waals surface area contributed by atoms with Gasteiger partial charge in [0.05, 0.1) is 19.1 Å². The van der Waals surface area contributed by atoms with Crippen LogP contribution in [-0.4, -0.2) is 24.7 Å². The molecule has 0 unspecified atom stereocenters. The molecule has 5 heteroatoms. The van der Waals surface area contributed by atoms with Crippen LogP contribution in [0.5, 0.6) is 5.75 Å². The van der Waals surface area contributed by atoms with Gasteiger partial charge in [-0.3, -0.25) is 4.79 Å². The van der Waals surface area contributed by atoms with Crippen molar-refractivity contribution in [3.63, 3.8) is 0 Å². The summed E-state index contributed by atoms with van der Waals surface area (Å²) in [5, 5.41) is 0.398. The second kappa shape index (κ2) is 7.00. The first-order valence-corrected chi connectivity index (χ1v) is 7.59. The van der Waals surface area contributed by atoms with Gasteiger partial charge in [0.15, 0.2) is 0 Å². The monoisotopic (exact) mass is 323 g/mol. The van der Waals surface area contributed by atoms with Crippen LogP contribution in [-0.2, 0) is 11.2 Å². The smallest absolute Gasteiger partial charge is 0.343 e. The quantitative estimate of drug-likeness (QED) is 0.733. The van der Waals surface area contributed by atoms with Gasteiger partial charge in [0, 0.05) is 18.1 Å². The van der Waals surface area contributed by atoms with E-state index in [0.717, 1.165) is 6.42 Å². The number of nitrogens with one attached hydrogen (secondary N) is 1. The number of aromatic amines is 1. The zero-order valence-corrected chi connectivity index (χ0v) is 13.2. The van der Waals surface area contributed by atoms with E-state index in [1.807, 2.05) is 30.3 Å². The number of benzene rings is 2. The number of hydrogen-bond acceptors (Lipinski definition) is 4. The number of hydrogen-bond donors (Lipinski definition) is 1. The molecule has 0 aliphatic carbocycles. The van der Waals surface area contributed by atoms with Crippen molar-refractivity contribution in [1.82, 2.24) is 4.98 Å². The third kappa shape index (κ3) is 3.30. The van der Waals surface area contributed by atoms with E-state index < -0.39 is 5.97 Å². The standard InChI is InChI=1S/C19H17NO4/c1-23-19(22)16-12-20-17-8-7-14(11-15(17)18(16)21)24-10-9-13-5-3-2-4-6-13/h2-8,11-12H,9-10H2,1H3,(H,20,21). The minimum Gasteiger partial charge on any atom is -0.493 e. The molecule has 0 bridgehead atoms. The van der Waals surface area contributed by atoms with E-state index in [-0.39, 0.29) is 11.0 Å². The van der Waals surface area contributed by atoms with E-state index in [1.54, 1.807) is 18.2 Å². The number of esters is 1. The lowest BCUT2D eigenvalue weighted by Crippen LogP contribution is -2.17. The number of carbonyl (C=O) groups excluding carboxylic acids is 1. The summed E-state index contributed by atoms with van der Waals surface area (Å²) in [6, 6.07) is 15.2. The Labute approximate surface area is 138 Å². The molecule has 122 valence electrons. The summed E-state index contributed by atoms with van der Waals surface area (Å²) in [6.45, 7) is 0.504. The molecule has 1 heterocycles. The number of pyridine rings is 1. The van der Waals surface area contributed by atoms with E-state index in [2.05, 4.69) is 9.72 Å². The second-order valence-corrected chi connectivity index (χ2v) is 5.31. The van der Waals surface area contributed by atoms with Crippen molar-refractivity contribution in [2.24, 2.45) is 0 Å². The summed E-state index contributed by atoms with van der Waals surface area (Å²) < 4.78 is 10.4. The maximum Gasteiger partial charge on any atom is 0.343 e. The highest BCUT2D eigenvalue weighted by atomic mass is 16.5. The minimum atomic E-state index is -0.659. The fourth-order valence-corrected chi connectivity index (χ4v) is 2.48. The molecule has 5 nitrogen and oxygen atoms in total. The van der Waals surface area contributed by atoms with Crippen molar-refractivity contribution >= 4 is 16.9 Å². The van der Waals surface area contributed by atoms with Crippen LogP contribution < -0.4 is 10.2 Å². The van der Waals surface area contributed by atoms with Crippen molar-refractivity contribution in [1.29, 1.82) is 0 Å². The number of H-pyrrole nitrogens is 1. The van der Waals surface area contributed by atoms with E-state index in [9.17, 15) is 9.59 Å². The van der Waals surface area contributed by atoms with Crippen molar-refractivity contribution < 1.29 is 14.3 Å². The van der Waals surface area contributed by atoms with Gasteiger partial charge >= 0.3 is 5.97 Å². The zero-order chi connectivity index (χ0) is 16.9. The fourth-order valence-electron chi connectivity index (χ4n) is 2.48. The van der Waals surface area contributed by atoms with E-state index in [0.29, 0.717) is 23.3 Å². The Morgan fingerprint density at radius 3 is 2.67 bits per heavy atom. The molecule has 0 atom stereocenters. The predicted octanol–water partition coefficient (Wildman–Crippen LogP) is 2.94. The third-order valence-corrected chi connectivity index (χ3v) is 3.76. The number of ether oxygens (including phenoxy) is 2. The molecule has 0 saturated carbocycles. The second-order valence-electron chi connectivity index (χ2n) is 5.31. The summed E-state index contributed by atoms with van der Waals surface area (Å²) in [5.74, 6) is -0.0699. The fraction of sp³-hybridized carbons (Fsp3) is 0.158. The minimum absolute atomic E-state index is 0.0218. The van der Waals surface area contributed by atoms with Gasteiger partial charge in [-0.15, -0.1) is 0 Å². The van der Waals surface area contributed by atoms with Crippen LogP contribution in [0, 0.1) is 0 Å². The van der Waals surface area contributed by atoms with E-state index in [1.165, 1.54) is 18.9 Å². The Kier molecular flexibility index (Phi) is 4.61. The Bertz CT molecular complexity index is 916. The maximum atomic E-state index is 12.4. The largest absolute Gasteiger partial charge is 0.493 e. The van der Waals surface area contributed by atoms with Crippen molar-refractivity contribution in [2.75, 3.05) is 13.7 Å². The van der Waals surface area contributed by atoms with Crippen molar-refractivity contribution in [3.05, 3.63) is 76.1 Å². The van der Waals surface area contributed by atoms with Gasteiger partial charge < -0.3 is 14.5 Å². The average Bonchev–Trinajstić information content (AvgIpc) is 2.63. The third-order valence-electron chi connectivity index (χ3n) is 3.76. The first kappa shape index (κ1) is 15.8. The van der Waals surface area contributed by atoms with E-state index >= 15 is 0 Å². The van der Waals surface area contributed by atoms with Gasteiger partial charge in [-0.1, -0.05) is 30.3 Å².